The van der Waals surface area contributed by atoms with Crippen molar-refractivity contribution in [1.82, 2.24) is 15.2 Å². The third kappa shape index (κ3) is 4.46. The van der Waals surface area contributed by atoms with Crippen LogP contribution >= 0.6 is 11.3 Å². The summed E-state index contributed by atoms with van der Waals surface area (Å²) in [5.41, 5.74) is 2.67. The first kappa shape index (κ1) is 18.5. The van der Waals surface area contributed by atoms with Crippen LogP contribution in [-0.4, -0.2) is 21.2 Å². The van der Waals surface area contributed by atoms with Crippen molar-refractivity contribution in [2.45, 2.75) is 26.2 Å². The minimum Gasteiger partial charge on any atom is -0.306 e. The Bertz CT molecular complexity index is 1000. The van der Waals surface area contributed by atoms with E-state index in [9.17, 15) is 10.1 Å². The number of carbonyl (C=O) groups excluding carboxylic acids is 1. The molecule has 0 unspecified atom stereocenters. The summed E-state index contributed by atoms with van der Waals surface area (Å²) in [6.45, 7) is 6.21. The molecule has 0 aliphatic rings. The number of nitriles is 1. The van der Waals surface area contributed by atoms with E-state index >= 15 is 0 Å². The van der Waals surface area contributed by atoms with Crippen LogP contribution in [0, 0.1) is 11.3 Å². The second kappa shape index (κ2) is 7.51. The Labute approximate surface area is 161 Å². The van der Waals surface area contributed by atoms with Gasteiger partial charge in [0.05, 0.1) is 11.3 Å². The number of carbonyl (C=O) groups is 1. The minimum absolute atomic E-state index is 0.0810. The molecule has 0 spiro atoms. The molecule has 0 bridgehead atoms. The molecule has 0 saturated heterocycles. The summed E-state index contributed by atoms with van der Waals surface area (Å²) in [5, 5.41) is 23.8. The van der Waals surface area contributed by atoms with Gasteiger partial charge >= 0.3 is 6.03 Å². The molecule has 0 atom stereocenters. The number of nitrogens with one attached hydrogen (secondary N) is 2. The van der Waals surface area contributed by atoms with Gasteiger partial charge in [-0.1, -0.05) is 38.2 Å². The SMILES string of the molecule is CC(C)(C)c1ccc(NC(=O)Nc2nnc(-c3ccncc3)s2)c(C#N)c1. The molecule has 1 aromatic carbocycles. The van der Waals surface area contributed by atoms with Gasteiger partial charge in [0, 0.05) is 18.0 Å². The van der Waals surface area contributed by atoms with E-state index in [1.54, 1.807) is 24.5 Å². The third-order valence-corrected chi connectivity index (χ3v) is 4.71. The fraction of sp³-hybridized carbons (Fsp3) is 0.211. The van der Waals surface area contributed by atoms with Gasteiger partial charge in [-0.05, 0) is 35.2 Å². The van der Waals surface area contributed by atoms with Crippen molar-refractivity contribution in [2.75, 3.05) is 10.6 Å². The lowest BCUT2D eigenvalue weighted by Crippen LogP contribution is -2.20. The zero-order chi connectivity index (χ0) is 19.4. The first-order chi connectivity index (χ1) is 12.9. The minimum atomic E-state index is -0.479. The molecule has 2 amide bonds. The van der Waals surface area contributed by atoms with Crippen LogP contribution < -0.4 is 10.6 Å². The number of pyridine rings is 1. The number of anilines is 2. The van der Waals surface area contributed by atoms with Crippen molar-refractivity contribution in [3.05, 3.63) is 53.9 Å². The fourth-order valence-electron chi connectivity index (χ4n) is 2.35. The summed E-state index contributed by atoms with van der Waals surface area (Å²) in [6, 6.07) is 10.7. The maximum atomic E-state index is 12.3. The summed E-state index contributed by atoms with van der Waals surface area (Å²) >= 11 is 1.25. The van der Waals surface area contributed by atoms with Crippen molar-refractivity contribution in [1.29, 1.82) is 5.26 Å². The molecular weight excluding hydrogens is 360 g/mol. The van der Waals surface area contributed by atoms with Crippen LogP contribution in [0.3, 0.4) is 0 Å². The zero-order valence-corrected chi connectivity index (χ0v) is 16.0. The maximum Gasteiger partial charge on any atom is 0.325 e. The van der Waals surface area contributed by atoms with Gasteiger partial charge in [0.2, 0.25) is 5.13 Å². The second-order valence-electron chi connectivity index (χ2n) is 6.85. The molecule has 2 heterocycles. The van der Waals surface area contributed by atoms with Gasteiger partial charge in [-0.2, -0.15) is 5.26 Å². The molecule has 0 radical (unpaired) electrons. The lowest BCUT2D eigenvalue weighted by atomic mass is 9.86. The average Bonchev–Trinajstić information content (AvgIpc) is 3.10. The molecule has 7 nitrogen and oxygen atoms in total. The highest BCUT2D eigenvalue weighted by atomic mass is 32.1. The lowest BCUT2D eigenvalue weighted by molar-refractivity contribution is 0.262. The van der Waals surface area contributed by atoms with Gasteiger partial charge in [-0.25, -0.2) is 4.79 Å². The van der Waals surface area contributed by atoms with Gasteiger partial charge in [0.1, 0.15) is 11.1 Å². The number of nitrogens with zero attached hydrogens (tertiary/aromatic N) is 4. The molecule has 3 aromatic rings. The highest BCUT2D eigenvalue weighted by Crippen LogP contribution is 2.28. The molecule has 27 heavy (non-hydrogen) atoms. The van der Waals surface area contributed by atoms with Crippen LogP contribution in [0.5, 0.6) is 0 Å². The molecule has 0 aliphatic carbocycles. The van der Waals surface area contributed by atoms with Gasteiger partial charge in [-0.3, -0.25) is 10.3 Å². The quantitative estimate of drug-likeness (QED) is 0.702. The van der Waals surface area contributed by atoms with E-state index in [0.29, 0.717) is 21.4 Å². The lowest BCUT2D eigenvalue weighted by Gasteiger charge is -2.20. The Kier molecular flexibility index (Phi) is 5.14. The Morgan fingerprint density at radius 1 is 1.11 bits per heavy atom. The molecule has 3 rings (SSSR count). The predicted octanol–water partition coefficient (Wildman–Crippen LogP) is 4.41. The van der Waals surface area contributed by atoms with E-state index in [1.807, 2.05) is 18.2 Å². The summed E-state index contributed by atoms with van der Waals surface area (Å²) in [4.78, 5) is 16.2. The van der Waals surface area contributed by atoms with Crippen LogP contribution in [0.1, 0.15) is 31.9 Å². The van der Waals surface area contributed by atoms with Crippen LogP contribution in [0.15, 0.2) is 42.7 Å². The number of hydrogen-bond donors (Lipinski definition) is 2. The summed E-state index contributed by atoms with van der Waals surface area (Å²) < 4.78 is 0. The highest BCUT2D eigenvalue weighted by molar-refractivity contribution is 7.18. The van der Waals surface area contributed by atoms with Crippen molar-refractivity contribution < 1.29 is 4.79 Å². The van der Waals surface area contributed by atoms with Gasteiger partial charge < -0.3 is 5.32 Å². The van der Waals surface area contributed by atoms with E-state index in [-0.39, 0.29) is 5.41 Å². The first-order valence-corrected chi connectivity index (χ1v) is 9.05. The van der Waals surface area contributed by atoms with Gasteiger partial charge in [-0.15, -0.1) is 10.2 Å². The monoisotopic (exact) mass is 378 g/mol. The molecule has 136 valence electrons. The molecule has 8 heteroatoms. The van der Waals surface area contributed by atoms with Gasteiger partial charge in [0.25, 0.3) is 0 Å². The largest absolute Gasteiger partial charge is 0.325 e. The van der Waals surface area contributed by atoms with E-state index in [1.165, 1.54) is 11.3 Å². The van der Waals surface area contributed by atoms with E-state index < -0.39 is 6.03 Å². The number of amides is 2. The Morgan fingerprint density at radius 3 is 2.52 bits per heavy atom. The van der Waals surface area contributed by atoms with Crippen LogP contribution in [0.2, 0.25) is 0 Å². The number of rotatable bonds is 3. The van der Waals surface area contributed by atoms with Crippen molar-refractivity contribution in [3.8, 4) is 16.6 Å². The number of benzene rings is 1. The normalized spacial score (nSPS) is 10.9. The number of urea groups is 1. The second-order valence-corrected chi connectivity index (χ2v) is 7.83. The molecule has 0 saturated carbocycles. The molecule has 0 aliphatic heterocycles. The van der Waals surface area contributed by atoms with E-state index in [2.05, 4.69) is 52.7 Å². The van der Waals surface area contributed by atoms with E-state index in [4.69, 9.17) is 0 Å². The zero-order valence-electron chi connectivity index (χ0n) is 15.1. The first-order valence-electron chi connectivity index (χ1n) is 8.23. The predicted molar refractivity (Wildman–Crippen MR) is 106 cm³/mol. The van der Waals surface area contributed by atoms with Crippen molar-refractivity contribution >= 4 is 28.2 Å². The average molecular weight is 378 g/mol. The Hall–Kier alpha value is -3.31. The van der Waals surface area contributed by atoms with Crippen LogP contribution in [-0.2, 0) is 5.41 Å². The summed E-state index contributed by atoms with van der Waals surface area (Å²) in [7, 11) is 0. The van der Waals surface area contributed by atoms with Crippen LogP contribution in [0.25, 0.3) is 10.6 Å². The highest BCUT2D eigenvalue weighted by Gasteiger charge is 2.17. The molecule has 0 fully saturated rings. The molecule has 2 aromatic heterocycles. The van der Waals surface area contributed by atoms with Crippen LogP contribution in [0.4, 0.5) is 15.6 Å². The third-order valence-electron chi connectivity index (χ3n) is 3.83. The molecule has 2 N–H and O–H groups in total. The fourth-order valence-corrected chi connectivity index (χ4v) is 3.09. The standard InChI is InChI=1S/C19H18N6OS/c1-19(2,3)14-4-5-15(13(10-14)11-20)22-17(26)23-18-25-24-16(27-18)12-6-8-21-9-7-12/h4-10H,1-3H3,(H2,22,23,25,26). The molecular formula is C19H18N6OS. The maximum absolute atomic E-state index is 12.3. The van der Waals surface area contributed by atoms with Gasteiger partial charge in [0.15, 0.2) is 0 Å². The smallest absolute Gasteiger partial charge is 0.306 e. The van der Waals surface area contributed by atoms with E-state index in [0.717, 1.165) is 11.1 Å². The Balaban J connectivity index is 1.72. The number of hydrogen-bond acceptors (Lipinski definition) is 6. The van der Waals surface area contributed by atoms with Crippen molar-refractivity contribution in [3.63, 3.8) is 0 Å². The number of aromatic nitrogens is 3. The summed E-state index contributed by atoms with van der Waals surface area (Å²) in [6.07, 6.45) is 3.34. The summed E-state index contributed by atoms with van der Waals surface area (Å²) in [5.74, 6) is 0. The topological polar surface area (TPSA) is 104 Å². The van der Waals surface area contributed by atoms with Crippen molar-refractivity contribution in [2.24, 2.45) is 0 Å². The Morgan fingerprint density at radius 2 is 1.85 bits per heavy atom.